The highest BCUT2D eigenvalue weighted by atomic mass is 35.5. The van der Waals surface area contributed by atoms with E-state index in [1.54, 1.807) is 0 Å². The predicted octanol–water partition coefficient (Wildman–Crippen LogP) is 5.20. The molecule has 1 unspecified atom stereocenters. The zero-order valence-electron chi connectivity index (χ0n) is 19.8. The van der Waals surface area contributed by atoms with Gasteiger partial charge in [0.2, 0.25) is 0 Å². The Morgan fingerprint density at radius 1 is 1.00 bits per heavy atom. The van der Waals surface area contributed by atoms with Crippen molar-refractivity contribution in [2.75, 3.05) is 13.2 Å². The summed E-state index contributed by atoms with van der Waals surface area (Å²) in [7, 11) is 0. The molecule has 2 aliphatic rings. The van der Waals surface area contributed by atoms with E-state index in [0.29, 0.717) is 30.9 Å². The van der Waals surface area contributed by atoms with Crippen molar-refractivity contribution in [3.63, 3.8) is 0 Å². The molecule has 184 valence electrons. The molecule has 4 atom stereocenters. The van der Waals surface area contributed by atoms with E-state index in [2.05, 4.69) is 37.3 Å². The lowest BCUT2D eigenvalue weighted by Crippen LogP contribution is -2.33. The van der Waals surface area contributed by atoms with Crippen molar-refractivity contribution in [3.8, 4) is 11.5 Å². The van der Waals surface area contributed by atoms with Crippen LogP contribution in [-0.4, -0.2) is 41.7 Å². The van der Waals surface area contributed by atoms with Crippen LogP contribution in [0.1, 0.15) is 46.8 Å². The molecule has 0 saturated carbocycles. The summed E-state index contributed by atoms with van der Waals surface area (Å²) in [5, 5.41) is 20.3. The second kappa shape index (κ2) is 10.6. The summed E-state index contributed by atoms with van der Waals surface area (Å²) in [6.45, 7) is 2.48. The normalized spacial score (nSPS) is 23.5. The van der Waals surface area contributed by atoms with E-state index < -0.39 is 6.10 Å². The monoisotopic (exact) mass is 494 g/mol. The Morgan fingerprint density at radius 2 is 1.83 bits per heavy atom. The number of aryl methyl sites for hydroxylation is 1. The number of halogens is 1. The van der Waals surface area contributed by atoms with Crippen LogP contribution < -0.4 is 9.47 Å². The van der Waals surface area contributed by atoms with Gasteiger partial charge in [0.1, 0.15) is 24.2 Å². The molecule has 5 rings (SSSR count). The van der Waals surface area contributed by atoms with Crippen LogP contribution in [0.25, 0.3) is 0 Å². The Morgan fingerprint density at radius 3 is 2.63 bits per heavy atom. The zero-order valence-corrected chi connectivity index (χ0v) is 20.6. The maximum Gasteiger partial charge on any atom is 0.137 e. The molecular weight excluding hydrogens is 464 g/mol. The van der Waals surface area contributed by atoms with Gasteiger partial charge in [0.25, 0.3) is 0 Å². The van der Waals surface area contributed by atoms with Gasteiger partial charge in [-0.15, -0.1) is 0 Å². The molecule has 3 aromatic carbocycles. The molecular formula is C29H31ClO5. The van der Waals surface area contributed by atoms with Crippen molar-refractivity contribution < 1.29 is 24.4 Å². The summed E-state index contributed by atoms with van der Waals surface area (Å²) in [5.41, 5.74) is 5.52. The number of aliphatic hydroxyl groups excluding tert-OH is 2. The third-order valence-electron chi connectivity index (χ3n) is 6.74. The first-order valence-corrected chi connectivity index (χ1v) is 12.5. The van der Waals surface area contributed by atoms with Gasteiger partial charge in [-0.25, -0.2) is 0 Å². The number of ether oxygens (including phenoxy) is 3. The summed E-state index contributed by atoms with van der Waals surface area (Å²) in [6.07, 6.45) is 1.46. The van der Waals surface area contributed by atoms with Crippen LogP contribution in [0, 0.1) is 6.92 Å². The molecule has 3 aromatic rings. The molecule has 2 N–H and O–H groups in total. The number of rotatable bonds is 7. The average molecular weight is 495 g/mol. The maximum atomic E-state index is 10.2. The Labute approximate surface area is 211 Å². The lowest BCUT2D eigenvalue weighted by atomic mass is 9.94. The van der Waals surface area contributed by atoms with E-state index in [1.807, 2.05) is 30.3 Å². The van der Waals surface area contributed by atoms with Gasteiger partial charge >= 0.3 is 0 Å². The topological polar surface area (TPSA) is 68.2 Å². The molecule has 1 saturated heterocycles. The minimum Gasteiger partial charge on any atom is -0.490 e. The van der Waals surface area contributed by atoms with Crippen molar-refractivity contribution >= 4 is 11.6 Å². The Bertz CT molecular complexity index is 1160. The third-order valence-corrected chi connectivity index (χ3v) is 7.11. The van der Waals surface area contributed by atoms with E-state index in [-0.39, 0.29) is 24.9 Å². The first kappa shape index (κ1) is 24.1. The largest absolute Gasteiger partial charge is 0.490 e. The number of hydrogen-bond acceptors (Lipinski definition) is 5. The fourth-order valence-electron chi connectivity index (χ4n) is 4.87. The smallest absolute Gasteiger partial charge is 0.137 e. The Balaban J connectivity index is 1.19. The van der Waals surface area contributed by atoms with Crippen molar-refractivity contribution in [3.05, 3.63) is 93.5 Å². The van der Waals surface area contributed by atoms with Crippen molar-refractivity contribution in [1.29, 1.82) is 0 Å². The van der Waals surface area contributed by atoms with E-state index in [1.165, 1.54) is 11.1 Å². The summed E-state index contributed by atoms with van der Waals surface area (Å²) >= 11 is 6.50. The number of hydrogen-bond donors (Lipinski definition) is 2. The molecule has 5 nitrogen and oxygen atoms in total. The molecule has 0 spiro atoms. The van der Waals surface area contributed by atoms with Crippen LogP contribution >= 0.6 is 11.6 Å². The van der Waals surface area contributed by atoms with Crippen LogP contribution in [-0.2, 0) is 17.6 Å². The van der Waals surface area contributed by atoms with E-state index in [9.17, 15) is 10.2 Å². The minimum absolute atomic E-state index is 0.0268. The molecule has 0 aliphatic carbocycles. The van der Waals surface area contributed by atoms with Crippen LogP contribution in [0.5, 0.6) is 11.5 Å². The lowest BCUT2D eigenvalue weighted by Gasteiger charge is -2.32. The van der Waals surface area contributed by atoms with E-state index in [0.717, 1.165) is 34.6 Å². The molecule has 1 fully saturated rings. The van der Waals surface area contributed by atoms with E-state index in [4.69, 9.17) is 25.8 Å². The molecule has 0 bridgehead atoms. The van der Waals surface area contributed by atoms with Crippen molar-refractivity contribution in [2.45, 2.75) is 57.0 Å². The highest BCUT2D eigenvalue weighted by Gasteiger charge is 2.29. The Hall–Kier alpha value is -2.57. The molecule has 0 radical (unpaired) electrons. The second-order valence-corrected chi connectivity index (χ2v) is 10.00. The summed E-state index contributed by atoms with van der Waals surface area (Å²) in [4.78, 5) is 0. The molecule has 2 heterocycles. The van der Waals surface area contributed by atoms with Crippen LogP contribution in [0.3, 0.4) is 0 Å². The van der Waals surface area contributed by atoms with Gasteiger partial charge in [0.15, 0.2) is 0 Å². The minimum atomic E-state index is -0.481. The standard InChI is InChI=1S/C29H31ClO5/c1-18-2-5-21-13-26(35-28(21)10-18)17-33-24-7-3-19(4-8-24)11-22-12-20(6-9-27(22)30)29-15-23(32)14-25(16-31)34-29/h2-10,12,23,25-26,29,31-32H,11,13-17H2,1H3/t23-,25-,26?,29+/m0/s1. The van der Waals surface area contributed by atoms with Gasteiger partial charge in [0.05, 0.1) is 24.9 Å². The summed E-state index contributed by atoms with van der Waals surface area (Å²) in [5.74, 6) is 1.78. The quantitative estimate of drug-likeness (QED) is 0.473. The van der Waals surface area contributed by atoms with Crippen molar-refractivity contribution in [1.82, 2.24) is 0 Å². The average Bonchev–Trinajstić information content (AvgIpc) is 3.26. The van der Waals surface area contributed by atoms with Crippen LogP contribution in [0.15, 0.2) is 60.7 Å². The highest BCUT2D eigenvalue weighted by molar-refractivity contribution is 6.31. The Kier molecular flexibility index (Phi) is 7.30. The van der Waals surface area contributed by atoms with Gasteiger partial charge in [-0.1, -0.05) is 48.0 Å². The summed E-state index contributed by atoms with van der Waals surface area (Å²) in [6, 6.07) is 20.2. The van der Waals surface area contributed by atoms with Gasteiger partial charge in [-0.2, -0.15) is 0 Å². The zero-order chi connectivity index (χ0) is 24.4. The molecule has 0 amide bonds. The highest BCUT2D eigenvalue weighted by Crippen LogP contribution is 2.34. The fourth-order valence-corrected chi connectivity index (χ4v) is 5.05. The van der Waals surface area contributed by atoms with Crippen LogP contribution in [0.2, 0.25) is 5.02 Å². The number of benzene rings is 3. The lowest BCUT2D eigenvalue weighted by molar-refractivity contribution is -0.113. The number of fused-ring (bicyclic) bond motifs is 1. The van der Waals surface area contributed by atoms with Gasteiger partial charge < -0.3 is 24.4 Å². The predicted molar refractivity (Wildman–Crippen MR) is 135 cm³/mol. The third kappa shape index (κ3) is 5.81. The van der Waals surface area contributed by atoms with Gasteiger partial charge in [0, 0.05) is 24.3 Å². The maximum absolute atomic E-state index is 10.2. The molecule has 6 heteroatoms. The second-order valence-electron chi connectivity index (χ2n) is 9.59. The van der Waals surface area contributed by atoms with Crippen molar-refractivity contribution in [2.24, 2.45) is 0 Å². The summed E-state index contributed by atoms with van der Waals surface area (Å²) < 4.78 is 18.0. The molecule has 35 heavy (non-hydrogen) atoms. The van der Waals surface area contributed by atoms with Crippen LogP contribution in [0.4, 0.5) is 0 Å². The molecule has 2 aliphatic heterocycles. The fraction of sp³-hybridized carbons (Fsp3) is 0.379. The SMILES string of the molecule is Cc1ccc2c(c1)OC(COc1ccc(Cc3cc([C@H]4C[C@@H](O)C[C@@H](CO)O4)ccc3Cl)cc1)C2. The number of aliphatic hydroxyl groups is 2. The van der Waals surface area contributed by atoms with Gasteiger partial charge in [-0.05, 0) is 65.4 Å². The first-order valence-electron chi connectivity index (χ1n) is 12.2. The van der Waals surface area contributed by atoms with E-state index >= 15 is 0 Å². The first-order chi connectivity index (χ1) is 17.0. The molecule has 0 aromatic heterocycles. The van der Waals surface area contributed by atoms with Gasteiger partial charge in [-0.3, -0.25) is 0 Å².